The van der Waals surface area contributed by atoms with E-state index in [0.717, 1.165) is 33.9 Å². The zero-order valence-corrected chi connectivity index (χ0v) is 23.1. The molecule has 8 rings (SSSR count). The van der Waals surface area contributed by atoms with Crippen LogP contribution in [0.3, 0.4) is 0 Å². The normalized spacial score (nSPS) is 13.3. The lowest BCUT2D eigenvalue weighted by molar-refractivity contribution is 0.661. The van der Waals surface area contributed by atoms with Gasteiger partial charge >= 0.3 is 0 Å². The topological polar surface area (TPSA) is 25.8 Å². The minimum absolute atomic E-state index is 0.110. The molecule has 0 saturated heterocycles. The molecular formula is C39H28N2. The van der Waals surface area contributed by atoms with Crippen molar-refractivity contribution in [1.82, 2.24) is 9.97 Å². The Morgan fingerprint density at radius 3 is 1.88 bits per heavy atom. The molecule has 0 N–H and O–H groups in total. The Morgan fingerprint density at radius 1 is 0.439 bits per heavy atom. The van der Waals surface area contributed by atoms with Crippen LogP contribution in [-0.2, 0) is 5.41 Å². The molecule has 0 bridgehead atoms. The molecule has 0 spiro atoms. The maximum absolute atomic E-state index is 5.21. The van der Waals surface area contributed by atoms with E-state index in [1.165, 1.54) is 43.8 Å². The quantitative estimate of drug-likeness (QED) is 0.230. The minimum atomic E-state index is -0.110. The smallest absolute Gasteiger partial charge is 0.160 e. The number of aromatic nitrogens is 2. The Balaban J connectivity index is 1.39. The molecule has 0 atom stereocenters. The summed E-state index contributed by atoms with van der Waals surface area (Å²) in [6, 6.07) is 47.6. The van der Waals surface area contributed by atoms with Gasteiger partial charge in [-0.25, -0.2) is 9.97 Å². The van der Waals surface area contributed by atoms with Crippen molar-refractivity contribution in [1.29, 1.82) is 0 Å². The fourth-order valence-corrected chi connectivity index (χ4v) is 6.48. The highest BCUT2D eigenvalue weighted by atomic mass is 14.9. The van der Waals surface area contributed by atoms with Crippen LogP contribution in [0.15, 0.2) is 133 Å². The van der Waals surface area contributed by atoms with Crippen LogP contribution >= 0.6 is 0 Å². The lowest BCUT2D eigenvalue weighted by Gasteiger charge is -2.22. The molecule has 7 aromatic rings. The Hall–Kier alpha value is -5.08. The summed E-state index contributed by atoms with van der Waals surface area (Å²) in [5, 5.41) is 4.96. The average Bonchev–Trinajstić information content (AvgIpc) is 3.25. The lowest BCUT2D eigenvalue weighted by atomic mass is 9.81. The van der Waals surface area contributed by atoms with Gasteiger partial charge < -0.3 is 0 Å². The molecule has 194 valence electrons. The molecule has 0 fully saturated rings. The summed E-state index contributed by atoms with van der Waals surface area (Å²) < 4.78 is 0. The molecule has 1 aliphatic rings. The van der Waals surface area contributed by atoms with E-state index in [0.29, 0.717) is 0 Å². The molecule has 41 heavy (non-hydrogen) atoms. The van der Waals surface area contributed by atoms with Gasteiger partial charge in [0.1, 0.15) is 0 Å². The summed E-state index contributed by atoms with van der Waals surface area (Å²) in [4.78, 5) is 10.3. The van der Waals surface area contributed by atoms with Gasteiger partial charge in [-0.05, 0) is 68.1 Å². The van der Waals surface area contributed by atoms with Crippen LogP contribution in [0.4, 0.5) is 0 Å². The predicted octanol–water partition coefficient (Wildman–Crippen LogP) is 10.1. The van der Waals surface area contributed by atoms with Crippen molar-refractivity contribution in [2.45, 2.75) is 19.3 Å². The predicted molar refractivity (Wildman–Crippen MR) is 171 cm³/mol. The summed E-state index contributed by atoms with van der Waals surface area (Å²) in [6.07, 6.45) is 0. The molecule has 0 radical (unpaired) electrons. The highest BCUT2D eigenvalue weighted by Gasteiger charge is 2.37. The molecule has 2 nitrogen and oxygen atoms in total. The van der Waals surface area contributed by atoms with Gasteiger partial charge in [-0.1, -0.05) is 123 Å². The van der Waals surface area contributed by atoms with E-state index in [9.17, 15) is 0 Å². The van der Waals surface area contributed by atoms with E-state index in [1.807, 2.05) is 18.2 Å². The number of nitrogens with zero attached hydrogens (tertiary/aromatic N) is 2. The Kier molecular flexibility index (Phi) is 5.20. The van der Waals surface area contributed by atoms with Gasteiger partial charge in [0.05, 0.1) is 11.4 Å². The van der Waals surface area contributed by atoms with Gasteiger partial charge in [-0.15, -0.1) is 0 Å². The van der Waals surface area contributed by atoms with E-state index >= 15 is 0 Å². The van der Waals surface area contributed by atoms with Gasteiger partial charge in [0.15, 0.2) is 5.82 Å². The zero-order chi connectivity index (χ0) is 27.6. The van der Waals surface area contributed by atoms with Crippen molar-refractivity contribution in [2.75, 3.05) is 0 Å². The molecule has 0 amide bonds. The largest absolute Gasteiger partial charge is 0.228 e. The fourth-order valence-electron chi connectivity index (χ4n) is 6.48. The number of benzene rings is 6. The van der Waals surface area contributed by atoms with Gasteiger partial charge in [-0.2, -0.15) is 0 Å². The van der Waals surface area contributed by atoms with Crippen LogP contribution in [0, 0.1) is 0 Å². The molecule has 1 aromatic heterocycles. The summed E-state index contributed by atoms with van der Waals surface area (Å²) in [6.45, 7) is 4.68. The van der Waals surface area contributed by atoms with E-state index in [4.69, 9.17) is 9.97 Å². The van der Waals surface area contributed by atoms with Crippen LogP contribution in [0.25, 0.3) is 66.6 Å². The van der Waals surface area contributed by atoms with Crippen LogP contribution in [0.2, 0.25) is 0 Å². The molecule has 1 aliphatic carbocycles. The number of rotatable bonds is 3. The summed E-state index contributed by atoms with van der Waals surface area (Å²) in [5.74, 6) is 0.736. The first-order chi connectivity index (χ1) is 20.1. The van der Waals surface area contributed by atoms with E-state index in [-0.39, 0.29) is 5.41 Å². The van der Waals surface area contributed by atoms with E-state index < -0.39 is 0 Å². The van der Waals surface area contributed by atoms with E-state index in [2.05, 4.69) is 129 Å². The summed E-state index contributed by atoms with van der Waals surface area (Å²) >= 11 is 0. The third-order valence-electron chi connectivity index (χ3n) is 8.65. The monoisotopic (exact) mass is 524 g/mol. The van der Waals surface area contributed by atoms with Crippen molar-refractivity contribution < 1.29 is 0 Å². The van der Waals surface area contributed by atoms with Gasteiger partial charge in [0.2, 0.25) is 0 Å². The zero-order valence-electron chi connectivity index (χ0n) is 23.1. The van der Waals surface area contributed by atoms with Crippen LogP contribution < -0.4 is 0 Å². The number of hydrogen-bond acceptors (Lipinski definition) is 2. The summed E-state index contributed by atoms with van der Waals surface area (Å²) in [5.41, 5.74) is 10.3. The van der Waals surface area contributed by atoms with Gasteiger partial charge in [0.25, 0.3) is 0 Å². The van der Waals surface area contributed by atoms with Crippen LogP contribution in [0.1, 0.15) is 25.0 Å². The lowest BCUT2D eigenvalue weighted by Crippen LogP contribution is -2.14. The second-order valence-electron chi connectivity index (χ2n) is 11.5. The molecule has 0 unspecified atom stereocenters. The summed E-state index contributed by atoms with van der Waals surface area (Å²) in [7, 11) is 0. The molecule has 0 saturated carbocycles. The Morgan fingerprint density at radius 2 is 1.10 bits per heavy atom. The Labute approximate surface area is 240 Å². The molecule has 1 heterocycles. The Bertz CT molecular complexity index is 2120. The molecule has 6 aromatic carbocycles. The highest BCUT2D eigenvalue weighted by molar-refractivity contribution is 5.98. The maximum atomic E-state index is 5.21. The number of fused-ring (bicyclic) bond motifs is 5. The highest BCUT2D eigenvalue weighted by Crippen LogP contribution is 2.53. The van der Waals surface area contributed by atoms with Crippen molar-refractivity contribution >= 4 is 21.5 Å². The van der Waals surface area contributed by atoms with Gasteiger partial charge in [-0.3, -0.25) is 0 Å². The third-order valence-corrected chi connectivity index (χ3v) is 8.65. The van der Waals surface area contributed by atoms with Crippen molar-refractivity contribution in [3.8, 4) is 45.0 Å². The van der Waals surface area contributed by atoms with E-state index in [1.54, 1.807) is 0 Å². The second-order valence-corrected chi connectivity index (χ2v) is 11.5. The van der Waals surface area contributed by atoms with Crippen molar-refractivity contribution in [3.63, 3.8) is 0 Å². The SMILES string of the molecule is CC1(C)c2cc3ccccc3cc2-c2c(-c3cc(-c4ccc5ccccc5c4)nc(-c4ccccc4)n3)cccc21. The molecule has 0 aliphatic heterocycles. The van der Waals surface area contributed by atoms with Crippen molar-refractivity contribution in [2.24, 2.45) is 0 Å². The van der Waals surface area contributed by atoms with Crippen molar-refractivity contribution in [3.05, 3.63) is 145 Å². The number of hydrogen-bond donors (Lipinski definition) is 0. The maximum Gasteiger partial charge on any atom is 0.160 e. The second kappa shape index (κ2) is 8.97. The minimum Gasteiger partial charge on any atom is -0.228 e. The first-order valence-electron chi connectivity index (χ1n) is 14.2. The first kappa shape index (κ1) is 23.8. The molecule has 2 heteroatoms. The third kappa shape index (κ3) is 3.79. The van der Waals surface area contributed by atoms with Gasteiger partial charge in [0, 0.05) is 22.1 Å². The standard InChI is InChI=1S/C39H28N2/c1-39(2)33-18-10-17-31(37(33)32-22-28-15-8-9-16-29(28)23-34(32)39)36-24-35(40-38(41-36)26-12-4-3-5-13-26)30-20-19-25-11-6-7-14-27(25)21-30/h3-24H,1-2H3. The molecular weight excluding hydrogens is 496 g/mol. The van der Waals surface area contributed by atoms with Crippen LogP contribution in [-0.4, -0.2) is 9.97 Å². The first-order valence-corrected chi connectivity index (χ1v) is 14.2. The van der Waals surface area contributed by atoms with Crippen LogP contribution in [0.5, 0.6) is 0 Å². The fraction of sp³-hybridized carbons (Fsp3) is 0.0769. The average molecular weight is 525 g/mol.